The average Bonchev–Trinajstić information content (AvgIpc) is 2.96. The van der Waals surface area contributed by atoms with E-state index in [9.17, 15) is 4.79 Å². The molecular weight excluding hydrogens is 294 g/mol. The fraction of sp³-hybridized carbons (Fsp3) is 0.529. The van der Waals surface area contributed by atoms with Gasteiger partial charge >= 0.3 is 0 Å². The van der Waals surface area contributed by atoms with E-state index < -0.39 is 0 Å². The molecule has 2 atom stereocenters. The van der Waals surface area contributed by atoms with Crippen molar-refractivity contribution < 1.29 is 0 Å². The van der Waals surface area contributed by atoms with Crippen molar-refractivity contribution in [3.63, 3.8) is 0 Å². The third-order valence-electron chi connectivity index (χ3n) is 4.42. The molecule has 1 saturated carbocycles. The molecule has 3 rings (SSSR count). The van der Waals surface area contributed by atoms with E-state index in [1.54, 1.807) is 16.7 Å². The van der Waals surface area contributed by atoms with Gasteiger partial charge in [0.25, 0.3) is 5.56 Å². The Morgan fingerprint density at radius 2 is 2.27 bits per heavy atom. The van der Waals surface area contributed by atoms with Crippen molar-refractivity contribution >= 4 is 17.4 Å². The largest absolute Gasteiger partial charge is 0.298 e. The van der Waals surface area contributed by atoms with Crippen molar-refractivity contribution in [2.24, 2.45) is 0 Å². The van der Waals surface area contributed by atoms with Crippen LogP contribution >= 0.6 is 11.8 Å². The molecule has 0 aromatic carbocycles. The number of thioether (sulfide) groups is 1. The Kier molecular flexibility index (Phi) is 4.84. The summed E-state index contributed by atoms with van der Waals surface area (Å²) in [5.41, 5.74) is 1.59. The summed E-state index contributed by atoms with van der Waals surface area (Å²) in [6.45, 7) is 2.98. The predicted octanol–water partition coefficient (Wildman–Crippen LogP) is 2.80. The van der Waals surface area contributed by atoms with E-state index in [0.717, 1.165) is 23.1 Å². The van der Waals surface area contributed by atoms with Crippen molar-refractivity contribution in [1.29, 1.82) is 0 Å². The number of hydrogen-bond donors (Lipinski definition) is 0. The molecule has 2 aromatic heterocycles. The summed E-state index contributed by atoms with van der Waals surface area (Å²) in [6, 6.07) is 7.93. The lowest BCUT2D eigenvalue weighted by Crippen LogP contribution is -2.30. The summed E-state index contributed by atoms with van der Waals surface area (Å²) < 4.78 is 1.59. The highest BCUT2D eigenvalue weighted by Crippen LogP contribution is 2.32. The summed E-state index contributed by atoms with van der Waals surface area (Å²) in [5.74, 6) is 1.20. The van der Waals surface area contributed by atoms with Gasteiger partial charge < -0.3 is 0 Å². The topological polar surface area (TPSA) is 37.6 Å². The molecule has 0 saturated heterocycles. The highest BCUT2D eigenvalue weighted by atomic mass is 32.2. The molecule has 0 spiro atoms. The van der Waals surface area contributed by atoms with Gasteiger partial charge in [-0.3, -0.25) is 14.1 Å². The fourth-order valence-electron chi connectivity index (χ4n) is 3.27. The summed E-state index contributed by atoms with van der Waals surface area (Å²) in [7, 11) is 2.15. The van der Waals surface area contributed by atoms with Crippen LogP contribution in [0.5, 0.6) is 0 Å². The molecule has 118 valence electrons. The van der Waals surface area contributed by atoms with E-state index in [0.29, 0.717) is 6.04 Å². The zero-order chi connectivity index (χ0) is 15.5. The summed E-state index contributed by atoms with van der Waals surface area (Å²) in [5, 5.41) is 0.799. The SMILES string of the molecule is CCSC1CCC(N(C)Cc2cc(=O)n3ccccc3n2)C1. The first-order chi connectivity index (χ1) is 10.7. The fourth-order valence-corrected chi connectivity index (χ4v) is 4.41. The second-order valence-electron chi connectivity index (χ2n) is 5.97. The Bertz CT molecular complexity index is 700. The van der Waals surface area contributed by atoms with Crippen molar-refractivity contribution in [3.05, 3.63) is 46.5 Å². The molecule has 1 aliphatic carbocycles. The van der Waals surface area contributed by atoms with E-state index in [-0.39, 0.29) is 5.56 Å². The van der Waals surface area contributed by atoms with Crippen molar-refractivity contribution in [2.75, 3.05) is 12.8 Å². The molecule has 0 radical (unpaired) electrons. The lowest BCUT2D eigenvalue weighted by atomic mass is 10.2. The third kappa shape index (κ3) is 3.36. The number of fused-ring (bicyclic) bond motifs is 1. The molecule has 1 aliphatic rings. The van der Waals surface area contributed by atoms with Crippen LogP contribution in [0.3, 0.4) is 0 Å². The van der Waals surface area contributed by atoms with E-state index >= 15 is 0 Å². The van der Waals surface area contributed by atoms with E-state index in [1.807, 2.05) is 18.2 Å². The zero-order valence-corrected chi connectivity index (χ0v) is 14.1. The molecular formula is C17H23N3OS. The van der Waals surface area contributed by atoms with E-state index in [4.69, 9.17) is 0 Å². The Hall–Kier alpha value is -1.33. The van der Waals surface area contributed by atoms with Crippen LogP contribution < -0.4 is 5.56 Å². The number of rotatable bonds is 5. The van der Waals surface area contributed by atoms with Gasteiger partial charge in [-0.2, -0.15) is 11.8 Å². The van der Waals surface area contributed by atoms with Gasteiger partial charge in [-0.05, 0) is 44.2 Å². The molecule has 0 amide bonds. The molecule has 2 heterocycles. The van der Waals surface area contributed by atoms with Gasteiger partial charge in [-0.15, -0.1) is 0 Å². The van der Waals surface area contributed by atoms with E-state index in [1.165, 1.54) is 25.0 Å². The first kappa shape index (κ1) is 15.6. The van der Waals surface area contributed by atoms with Crippen molar-refractivity contribution in [2.45, 2.75) is 44.0 Å². The normalized spacial score (nSPS) is 21.8. The highest BCUT2D eigenvalue weighted by Gasteiger charge is 2.27. The van der Waals surface area contributed by atoms with E-state index in [2.05, 4.69) is 35.6 Å². The first-order valence-electron chi connectivity index (χ1n) is 7.96. The summed E-state index contributed by atoms with van der Waals surface area (Å²) in [4.78, 5) is 19.1. The molecule has 4 nitrogen and oxygen atoms in total. The number of hydrogen-bond acceptors (Lipinski definition) is 4. The van der Waals surface area contributed by atoms with Crippen molar-refractivity contribution in [1.82, 2.24) is 14.3 Å². The molecule has 0 aliphatic heterocycles. The lowest BCUT2D eigenvalue weighted by Gasteiger charge is -2.24. The van der Waals surface area contributed by atoms with Gasteiger partial charge in [-0.25, -0.2) is 4.98 Å². The molecule has 0 N–H and O–H groups in total. The number of nitrogens with zero attached hydrogens (tertiary/aromatic N) is 3. The van der Waals surface area contributed by atoms with Crippen LogP contribution in [-0.4, -0.2) is 38.4 Å². The van der Waals surface area contributed by atoms with Crippen LogP contribution in [0, 0.1) is 0 Å². The first-order valence-corrected chi connectivity index (χ1v) is 9.01. The van der Waals surface area contributed by atoms with Gasteiger partial charge in [0.2, 0.25) is 0 Å². The van der Waals surface area contributed by atoms with Gasteiger partial charge in [-0.1, -0.05) is 13.0 Å². The second kappa shape index (κ2) is 6.84. The minimum absolute atomic E-state index is 0.000151. The highest BCUT2D eigenvalue weighted by molar-refractivity contribution is 7.99. The second-order valence-corrected chi connectivity index (χ2v) is 7.55. The van der Waals surface area contributed by atoms with Crippen LogP contribution in [-0.2, 0) is 6.54 Å². The molecule has 2 aromatic rings. The molecule has 1 fully saturated rings. The quantitative estimate of drug-likeness (QED) is 0.850. The molecule has 2 unspecified atom stereocenters. The summed E-state index contributed by atoms with van der Waals surface area (Å²) in [6.07, 6.45) is 5.57. The average molecular weight is 317 g/mol. The third-order valence-corrected chi connectivity index (χ3v) is 5.65. The van der Waals surface area contributed by atoms with Gasteiger partial charge in [0, 0.05) is 30.1 Å². The van der Waals surface area contributed by atoms with Crippen LogP contribution in [0.1, 0.15) is 31.9 Å². The van der Waals surface area contributed by atoms with Gasteiger partial charge in [0.1, 0.15) is 5.65 Å². The monoisotopic (exact) mass is 317 g/mol. The summed E-state index contributed by atoms with van der Waals surface area (Å²) >= 11 is 2.08. The smallest absolute Gasteiger partial charge is 0.258 e. The Morgan fingerprint density at radius 3 is 3.09 bits per heavy atom. The molecule has 5 heteroatoms. The van der Waals surface area contributed by atoms with Gasteiger partial charge in [0.05, 0.1) is 5.69 Å². The van der Waals surface area contributed by atoms with Crippen LogP contribution in [0.2, 0.25) is 0 Å². The maximum Gasteiger partial charge on any atom is 0.258 e. The molecule has 0 bridgehead atoms. The van der Waals surface area contributed by atoms with Crippen LogP contribution in [0.15, 0.2) is 35.3 Å². The minimum atomic E-state index is -0.000151. The standard InChI is InChI=1S/C17H23N3OS/c1-3-22-15-8-7-14(11-15)19(2)12-13-10-17(21)20-9-5-4-6-16(20)18-13/h4-6,9-10,14-15H,3,7-8,11-12H2,1-2H3. The Balaban J connectivity index is 1.72. The Labute approximate surface area is 135 Å². The van der Waals surface area contributed by atoms with Crippen LogP contribution in [0.25, 0.3) is 5.65 Å². The van der Waals surface area contributed by atoms with Crippen molar-refractivity contribution in [3.8, 4) is 0 Å². The maximum absolute atomic E-state index is 12.1. The maximum atomic E-state index is 12.1. The number of aromatic nitrogens is 2. The Morgan fingerprint density at radius 1 is 1.41 bits per heavy atom. The predicted molar refractivity (Wildman–Crippen MR) is 92.5 cm³/mol. The minimum Gasteiger partial charge on any atom is -0.298 e. The zero-order valence-electron chi connectivity index (χ0n) is 13.2. The van der Waals surface area contributed by atoms with Gasteiger partial charge in [0.15, 0.2) is 0 Å². The number of pyridine rings is 1. The molecule has 22 heavy (non-hydrogen) atoms. The van der Waals surface area contributed by atoms with Crippen LogP contribution in [0.4, 0.5) is 0 Å². The lowest BCUT2D eigenvalue weighted by molar-refractivity contribution is 0.235.